The summed E-state index contributed by atoms with van der Waals surface area (Å²) in [5.41, 5.74) is 0.579. The SMILES string of the molecule is CC1(C)CC[N+](C)(c2ncccc2C(=O)O)C1. The number of hydrogen-bond donors (Lipinski definition) is 1. The molecule has 0 aliphatic carbocycles. The summed E-state index contributed by atoms with van der Waals surface area (Å²) >= 11 is 0. The molecule has 0 bridgehead atoms. The van der Waals surface area contributed by atoms with Gasteiger partial charge in [-0.1, -0.05) is 13.8 Å². The van der Waals surface area contributed by atoms with Gasteiger partial charge in [-0.2, -0.15) is 0 Å². The molecule has 1 aromatic heterocycles. The molecule has 17 heavy (non-hydrogen) atoms. The fourth-order valence-corrected chi connectivity index (χ4v) is 2.83. The van der Waals surface area contributed by atoms with E-state index >= 15 is 0 Å². The molecule has 2 heterocycles. The predicted molar refractivity (Wildman–Crippen MR) is 67.0 cm³/mol. The average molecular weight is 235 g/mol. The van der Waals surface area contributed by atoms with Crippen molar-refractivity contribution >= 4 is 11.8 Å². The van der Waals surface area contributed by atoms with Crippen LogP contribution in [0.15, 0.2) is 18.3 Å². The number of rotatable bonds is 2. The van der Waals surface area contributed by atoms with Gasteiger partial charge in [-0.15, -0.1) is 0 Å². The van der Waals surface area contributed by atoms with Crippen LogP contribution in [-0.4, -0.2) is 36.2 Å². The monoisotopic (exact) mass is 235 g/mol. The number of aromatic carboxylic acids is 1. The van der Waals surface area contributed by atoms with Crippen molar-refractivity contribution in [1.29, 1.82) is 0 Å². The van der Waals surface area contributed by atoms with E-state index in [1.807, 2.05) is 0 Å². The van der Waals surface area contributed by atoms with Crippen LogP contribution in [0, 0.1) is 5.41 Å². The van der Waals surface area contributed by atoms with E-state index in [0.717, 1.165) is 19.5 Å². The zero-order valence-corrected chi connectivity index (χ0v) is 10.6. The third kappa shape index (κ3) is 2.17. The van der Waals surface area contributed by atoms with Gasteiger partial charge in [0.15, 0.2) is 0 Å². The number of aromatic nitrogens is 1. The van der Waals surface area contributed by atoms with Gasteiger partial charge in [-0.25, -0.2) is 9.78 Å². The first-order chi connectivity index (χ1) is 7.84. The molecule has 0 saturated carbocycles. The highest BCUT2D eigenvalue weighted by Gasteiger charge is 2.44. The van der Waals surface area contributed by atoms with Gasteiger partial charge in [-0.3, -0.25) is 4.48 Å². The molecule has 1 fully saturated rings. The minimum absolute atomic E-state index is 0.252. The molecule has 0 radical (unpaired) electrons. The lowest BCUT2D eigenvalue weighted by Crippen LogP contribution is -2.45. The number of carboxylic acids is 1. The Bertz CT molecular complexity index is 456. The van der Waals surface area contributed by atoms with Gasteiger partial charge in [0.25, 0.3) is 0 Å². The summed E-state index contributed by atoms with van der Waals surface area (Å²) in [7, 11) is 2.07. The fourth-order valence-electron chi connectivity index (χ4n) is 2.83. The maximum atomic E-state index is 11.2. The van der Waals surface area contributed by atoms with E-state index in [9.17, 15) is 9.90 Å². The smallest absolute Gasteiger partial charge is 0.343 e. The van der Waals surface area contributed by atoms with Gasteiger partial charge in [0, 0.05) is 18.0 Å². The second-order valence-corrected chi connectivity index (χ2v) is 5.87. The normalized spacial score (nSPS) is 27.0. The number of quaternary nitrogens is 1. The van der Waals surface area contributed by atoms with Crippen LogP contribution >= 0.6 is 0 Å². The number of nitrogens with zero attached hydrogens (tertiary/aromatic N) is 2. The largest absolute Gasteiger partial charge is 0.477 e. The quantitative estimate of drug-likeness (QED) is 0.799. The molecule has 4 nitrogen and oxygen atoms in total. The Kier molecular flexibility index (Phi) is 2.70. The maximum absolute atomic E-state index is 11.2. The zero-order chi connectivity index (χ0) is 12.7. The number of carboxylic acid groups (broad SMARTS) is 1. The number of likely N-dealkylation sites (tertiary alicyclic amines) is 1. The number of carbonyl (C=O) groups is 1. The van der Waals surface area contributed by atoms with Crippen molar-refractivity contribution in [1.82, 2.24) is 9.47 Å². The van der Waals surface area contributed by atoms with Crippen LogP contribution in [0.5, 0.6) is 0 Å². The molecule has 1 aliphatic rings. The van der Waals surface area contributed by atoms with Crippen LogP contribution in [0.25, 0.3) is 0 Å². The van der Waals surface area contributed by atoms with Gasteiger partial charge < -0.3 is 5.11 Å². The summed E-state index contributed by atoms with van der Waals surface area (Å²) < 4.78 is 0.621. The Labute approximate surface area is 101 Å². The summed E-state index contributed by atoms with van der Waals surface area (Å²) in [6.07, 6.45) is 2.77. The van der Waals surface area contributed by atoms with Crippen molar-refractivity contribution < 1.29 is 9.90 Å². The highest BCUT2D eigenvalue weighted by Crippen LogP contribution is 2.37. The highest BCUT2D eigenvalue weighted by atomic mass is 16.4. The molecule has 1 N–H and O–H groups in total. The molecule has 0 aromatic carbocycles. The van der Waals surface area contributed by atoms with E-state index in [2.05, 4.69) is 25.9 Å². The van der Waals surface area contributed by atoms with Crippen LogP contribution in [0.1, 0.15) is 30.6 Å². The molecule has 0 amide bonds. The van der Waals surface area contributed by atoms with Gasteiger partial charge >= 0.3 is 5.97 Å². The van der Waals surface area contributed by atoms with Gasteiger partial charge in [-0.05, 0) is 12.1 Å². The van der Waals surface area contributed by atoms with E-state index < -0.39 is 5.97 Å². The molecular weight excluding hydrogens is 216 g/mol. The first-order valence-electron chi connectivity index (χ1n) is 5.88. The molecule has 1 aliphatic heterocycles. The van der Waals surface area contributed by atoms with E-state index in [1.165, 1.54) is 0 Å². The van der Waals surface area contributed by atoms with Crippen molar-refractivity contribution in [3.8, 4) is 0 Å². The van der Waals surface area contributed by atoms with Gasteiger partial charge in [0.05, 0.1) is 20.1 Å². The predicted octanol–water partition coefficient (Wildman–Crippen LogP) is 2.15. The Morgan fingerprint density at radius 3 is 2.76 bits per heavy atom. The maximum Gasteiger partial charge on any atom is 0.343 e. The van der Waals surface area contributed by atoms with E-state index in [4.69, 9.17) is 0 Å². The topological polar surface area (TPSA) is 50.2 Å². The van der Waals surface area contributed by atoms with Crippen LogP contribution in [0.2, 0.25) is 0 Å². The summed E-state index contributed by atoms with van der Waals surface area (Å²) in [4.78, 5) is 15.5. The van der Waals surface area contributed by atoms with E-state index in [-0.39, 0.29) is 5.41 Å². The Hall–Kier alpha value is -1.42. The van der Waals surface area contributed by atoms with E-state index in [0.29, 0.717) is 15.9 Å². The molecule has 1 saturated heterocycles. The van der Waals surface area contributed by atoms with Crippen molar-refractivity contribution in [2.45, 2.75) is 20.3 Å². The number of pyridine rings is 1. The molecule has 0 spiro atoms. The van der Waals surface area contributed by atoms with Crippen molar-refractivity contribution in [3.63, 3.8) is 0 Å². The van der Waals surface area contributed by atoms with Gasteiger partial charge in [0.2, 0.25) is 5.82 Å². The van der Waals surface area contributed by atoms with Crippen molar-refractivity contribution in [2.75, 3.05) is 20.1 Å². The Morgan fingerprint density at radius 2 is 2.24 bits per heavy atom. The van der Waals surface area contributed by atoms with Crippen molar-refractivity contribution in [2.24, 2.45) is 5.41 Å². The Balaban J connectivity index is 2.44. The molecule has 1 unspecified atom stereocenters. The summed E-state index contributed by atoms with van der Waals surface area (Å²) in [6.45, 7) is 6.33. The van der Waals surface area contributed by atoms with Gasteiger partial charge in [0.1, 0.15) is 5.56 Å². The second kappa shape index (κ2) is 3.81. The highest BCUT2D eigenvalue weighted by molar-refractivity contribution is 5.92. The first kappa shape index (κ1) is 12.0. The molecular formula is C13H19N2O2+. The Morgan fingerprint density at radius 1 is 1.53 bits per heavy atom. The molecule has 1 atom stereocenters. The summed E-state index contributed by atoms with van der Waals surface area (Å²) in [5, 5.41) is 9.22. The van der Waals surface area contributed by atoms with Crippen LogP contribution in [-0.2, 0) is 0 Å². The van der Waals surface area contributed by atoms with E-state index in [1.54, 1.807) is 18.3 Å². The second-order valence-electron chi connectivity index (χ2n) is 5.87. The fraction of sp³-hybridized carbons (Fsp3) is 0.538. The zero-order valence-electron chi connectivity index (χ0n) is 10.6. The minimum Gasteiger partial charge on any atom is -0.477 e. The summed E-state index contributed by atoms with van der Waals surface area (Å²) in [6, 6.07) is 3.32. The average Bonchev–Trinajstić information content (AvgIpc) is 2.54. The molecule has 2 rings (SSSR count). The van der Waals surface area contributed by atoms with Crippen LogP contribution in [0.3, 0.4) is 0 Å². The lowest BCUT2D eigenvalue weighted by atomic mass is 9.93. The summed E-state index contributed by atoms with van der Waals surface area (Å²) in [5.74, 6) is -0.206. The van der Waals surface area contributed by atoms with Crippen LogP contribution in [0.4, 0.5) is 5.82 Å². The standard InChI is InChI=1S/C13H18N2O2/c1-13(2)6-8-15(3,9-13)11-10(12(16)17)5-4-7-14-11/h4-5,7H,6,8-9H2,1-3H3/p+1. The molecule has 4 heteroatoms. The lowest BCUT2D eigenvalue weighted by molar-refractivity contribution is 0.0694. The van der Waals surface area contributed by atoms with Crippen LogP contribution < -0.4 is 4.48 Å². The minimum atomic E-state index is -0.892. The lowest BCUT2D eigenvalue weighted by Gasteiger charge is -2.30. The van der Waals surface area contributed by atoms with Crippen molar-refractivity contribution in [3.05, 3.63) is 23.9 Å². The molecule has 92 valence electrons. The first-order valence-corrected chi connectivity index (χ1v) is 5.88. The molecule has 1 aromatic rings. The third-order valence-electron chi connectivity index (χ3n) is 3.59. The third-order valence-corrected chi connectivity index (χ3v) is 3.59. The number of hydrogen-bond acceptors (Lipinski definition) is 2.